The predicted octanol–water partition coefficient (Wildman–Crippen LogP) is 5.90. The van der Waals surface area contributed by atoms with Crippen LogP contribution in [-0.2, 0) is 22.6 Å². The van der Waals surface area contributed by atoms with Gasteiger partial charge in [0.05, 0.1) is 18.7 Å². The molecular weight excluding hydrogens is 426 g/mol. The Hall–Kier alpha value is -3.64. The van der Waals surface area contributed by atoms with Crippen molar-refractivity contribution in [3.8, 4) is 5.75 Å². The maximum Gasteiger partial charge on any atom is 0.225 e. The normalized spacial score (nSPS) is 10.9. The molecule has 1 amide bonds. The molecule has 4 aromatic rings. The number of nitrogens with one attached hydrogen (secondary N) is 2. The van der Waals surface area contributed by atoms with Gasteiger partial charge >= 0.3 is 0 Å². The number of nitrogens with zero attached hydrogens (tertiary/aromatic N) is 1. The molecular formula is C28H31N3O3. The first-order chi connectivity index (χ1) is 16.8. The summed E-state index contributed by atoms with van der Waals surface area (Å²) in [6.07, 6.45) is 4.12. The highest BCUT2D eigenvalue weighted by atomic mass is 16.5. The zero-order valence-electron chi connectivity index (χ0n) is 19.3. The first-order valence-corrected chi connectivity index (χ1v) is 11.8. The van der Waals surface area contributed by atoms with E-state index in [1.807, 2.05) is 66.7 Å². The molecule has 0 radical (unpaired) electrons. The van der Waals surface area contributed by atoms with E-state index >= 15 is 0 Å². The molecule has 6 heteroatoms. The van der Waals surface area contributed by atoms with Crippen molar-refractivity contribution in [1.82, 2.24) is 10.2 Å². The fourth-order valence-corrected chi connectivity index (χ4v) is 3.71. The number of carbonyl (C=O) groups excluding carboxylic acids is 1. The fourth-order valence-electron chi connectivity index (χ4n) is 3.71. The van der Waals surface area contributed by atoms with Crippen LogP contribution >= 0.6 is 0 Å². The number of amides is 1. The van der Waals surface area contributed by atoms with Crippen LogP contribution in [0.2, 0.25) is 0 Å². The number of carbonyl (C=O) groups is 1. The third-order valence-electron chi connectivity index (χ3n) is 5.59. The molecule has 3 aromatic carbocycles. The first kappa shape index (κ1) is 23.5. The van der Waals surface area contributed by atoms with E-state index in [4.69, 9.17) is 9.47 Å². The Bertz CT molecular complexity index is 1160. The van der Waals surface area contributed by atoms with Crippen LogP contribution in [0.1, 0.15) is 36.8 Å². The number of unbranched alkanes of at least 4 members (excludes halogenated alkanes) is 2. The Morgan fingerprint density at radius 2 is 1.59 bits per heavy atom. The van der Waals surface area contributed by atoms with Crippen molar-refractivity contribution in [1.29, 1.82) is 0 Å². The summed E-state index contributed by atoms with van der Waals surface area (Å²) in [5, 5.41) is 11.0. The number of anilines is 1. The van der Waals surface area contributed by atoms with Gasteiger partial charge in [0, 0.05) is 18.4 Å². The molecule has 0 aliphatic heterocycles. The van der Waals surface area contributed by atoms with E-state index in [1.165, 1.54) is 5.56 Å². The Morgan fingerprint density at radius 1 is 0.853 bits per heavy atom. The molecule has 0 saturated heterocycles. The molecule has 34 heavy (non-hydrogen) atoms. The minimum atomic E-state index is -0.0574. The van der Waals surface area contributed by atoms with Crippen molar-refractivity contribution in [3.63, 3.8) is 0 Å². The second-order valence-corrected chi connectivity index (χ2v) is 8.26. The third kappa shape index (κ3) is 7.18. The fraction of sp³-hybridized carbons (Fsp3) is 0.286. The molecule has 0 saturated carbocycles. The minimum absolute atomic E-state index is 0.0574. The van der Waals surface area contributed by atoms with Gasteiger partial charge in [0.25, 0.3) is 0 Å². The van der Waals surface area contributed by atoms with Crippen molar-refractivity contribution in [2.75, 3.05) is 18.5 Å². The average molecular weight is 458 g/mol. The van der Waals surface area contributed by atoms with Crippen LogP contribution in [0.3, 0.4) is 0 Å². The lowest BCUT2D eigenvalue weighted by molar-refractivity contribution is -0.116. The van der Waals surface area contributed by atoms with E-state index in [2.05, 4.69) is 27.6 Å². The van der Waals surface area contributed by atoms with Crippen LogP contribution < -0.4 is 10.1 Å². The van der Waals surface area contributed by atoms with Crippen molar-refractivity contribution in [3.05, 3.63) is 90.0 Å². The molecule has 1 aromatic heterocycles. The lowest BCUT2D eigenvalue weighted by atomic mass is 10.1. The molecule has 2 N–H and O–H groups in total. The van der Waals surface area contributed by atoms with Crippen LogP contribution in [0.4, 0.5) is 5.82 Å². The number of H-pyrrole nitrogens is 1. The van der Waals surface area contributed by atoms with Crippen molar-refractivity contribution < 1.29 is 14.3 Å². The SMILES string of the molecule is O=C(CCc1ccccc1)Nc1n[nH]c2ccc(OCCCCCOCc3ccccc3)cc12. The number of hydrogen-bond acceptors (Lipinski definition) is 4. The summed E-state index contributed by atoms with van der Waals surface area (Å²) in [6, 6.07) is 26.0. The van der Waals surface area contributed by atoms with Crippen molar-refractivity contribution >= 4 is 22.6 Å². The number of benzene rings is 3. The van der Waals surface area contributed by atoms with Gasteiger partial charge in [0.15, 0.2) is 5.82 Å². The maximum absolute atomic E-state index is 12.4. The van der Waals surface area contributed by atoms with Gasteiger partial charge in [-0.15, -0.1) is 0 Å². The average Bonchev–Trinajstić information content (AvgIpc) is 3.27. The first-order valence-electron chi connectivity index (χ1n) is 11.8. The summed E-state index contributed by atoms with van der Waals surface area (Å²) in [5.41, 5.74) is 3.21. The predicted molar refractivity (Wildman–Crippen MR) is 135 cm³/mol. The standard InChI is InChI=1S/C28H31N3O3/c32-27(17-14-22-10-4-1-5-11-22)29-28-25-20-24(15-16-26(25)30-31-28)34-19-9-3-8-18-33-21-23-12-6-2-7-13-23/h1-2,4-7,10-13,15-16,20H,3,8-9,14,17-19,21H2,(H2,29,30,31,32). The summed E-state index contributed by atoms with van der Waals surface area (Å²) in [4.78, 5) is 12.4. The number of ether oxygens (including phenoxy) is 2. The molecule has 0 spiro atoms. The Labute approximate surface area is 200 Å². The quantitative estimate of drug-likeness (QED) is 0.245. The zero-order chi connectivity index (χ0) is 23.4. The lowest BCUT2D eigenvalue weighted by Crippen LogP contribution is -2.12. The van der Waals surface area contributed by atoms with E-state index in [1.54, 1.807) is 0 Å². The third-order valence-corrected chi connectivity index (χ3v) is 5.59. The van der Waals surface area contributed by atoms with Gasteiger partial charge in [-0.1, -0.05) is 60.7 Å². The van der Waals surface area contributed by atoms with E-state index in [9.17, 15) is 4.79 Å². The van der Waals surface area contributed by atoms with Gasteiger partial charge < -0.3 is 14.8 Å². The number of fused-ring (bicyclic) bond motifs is 1. The highest BCUT2D eigenvalue weighted by molar-refractivity contribution is 6.00. The lowest BCUT2D eigenvalue weighted by Gasteiger charge is -2.08. The van der Waals surface area contributed by atoms with E-state index in [-0.39, 0.29) is 5.91 Å². The molecule has 0 bridgehead atoms. The topological polar surface area (TPSA) is 76.2 Å². The molecule has 0 aliphatic rings. The highest BCUT2D eigenvalue weighted by Crippen LogP contribution is 2.25. The van der Waals surface area contributed by atoms with Crippen LogP contribution in [0.5, 0.6) is 5.75 Å². The molecule has 6 nitrogen and oxygen atoms in total. The molecule has 0 aliphatic carbocycles. The van der Waals surface area contributed by atoms with Crippen LogP contribution in [0.25, 0.3) is 10.9 Å². The molecule has 4 rings (SSSR count). The van der Waals surface area contributed by atoms with Crippen LogP contribution in [0.15, 0.2) is 78.9 Å². The number of hydrogen-bond donors (Lipinski definition) is 2. The summed E-state index contributed by atoms with van der Waals surface area (Å²) in [5.74, 6) is 1.25. The monoisotopic (exact) mass is 457 g/mol. The second kappa shape index (κ2) is 12.6. The van der Waals surface area contributed by atoms with E-state index in [0.717, 1.165) is 48.1 Å². The Balaban J connectivity index is 1.17. The number of aromatic nitrogens is 2. The number of aryl methyl sites for hydroxylation is 1. The minimum Gasteiger partial charge on any atom is -0.494 e. The zero-order valence-corrected chi connectivity index (χ0v) is 19.3. The summed E-state index contributed by atoms with van der Waals surface area (Å²) < 4.78 is 11.7. The summed E-state index contributed by atoms with van der Waals surface area (Å²) in [6.45, 7) is 2.05. The Kier molecular flexibility index (Phi) is 8.69. The molecule has 0 fully saturated rings. The van der Waals surface area contributed by atoms with Crippen LogP contribution in [-0.4, -0.2) is 29.3 Å². The number of rotatable bonds is 13. The smallest absolute Gasteiger partial charge is 0.225 e. The molecule has 1 heterocycles. The van der Waals surface area contributed by atoms with Gasteiger partial charge in [0.2, 0.25) is 5.91 Å². The van der Waals surface area contributed by atoms with Gasteiger partial charge in [0.1, 0.15) is 5.75 Å². The van der Waals surface area contributed by atoms with Gasteiger partial charge in [-0.25, -0.2) is 0 Å². The molecule has 0 atom stereocenters. The van der Waals surface area contributed by atoms with Gasteiger partial charge in [-0.2, -0.15) is 5.10 Å². The summed E-state index contributed by atoms with van der Waals surface area (Å²) >= 11 is 0. The molecule has 176 valence electrons. The van der Waals surface area contributed by atoms with Crippen molar-refractivity contribution in [2.24, 2.45) is 0 Å². The summed E-state index contributed by atoms with van der Waals surface area (Å²) in [7, 11) is 0. The second-order valence-electron chi connectivity index (χ2n) is 8.26. The Morgan fingerprint density at radius 3 is 2.38 bits per heavy atom. The highest BCUT2D eigenvalue weighted by Gasteiger charge is 2.11. The maximum atomic E-state index is 12.4. The van der Waals surface area contributed by atoms with Crippen LogP contribution in [0, 0.1) is 0 Å². The van der Waals surface area contributed by atoms with E-state index < -0.39 is 0 Å². The van der Waals surface area contributed by atoms with E-state index in [0.29, 0.717) is 31.9 Å². The molecule has 0 unspecified atom stereocenters. The van der Waals surface area contributed by atoms with Gasteiger partial charge in [-0.3, -0.25) is 9.89 Å². The largest absolute Gasteiger partial charge is 0.494 e. The number of aromatic amines is 1. The van der Waals surface area contributed by atoms with Gasteiger partial charge in [-0.05, 0) is 55.0 Å². The van der Waals surface area contributed by atoms with Crippen molar-refractivity contribution in [2.45, 2.75) is 38.7 Å².